The first-order valence-corrected chi connectivity index (χ1v) is 8.01. The molecule has 3 heteroatoms. The molecule has 1 aromatic heterocycles. The smallest absolute Gasteiger partial charge is 0.126 e. The highest BCUT2D eigenvalue weighted by atomic mass is 32.1. The van der Waals surface area contributed by atoms with Crippen molar-refractivity contribution in [2.24, 2.45) is 0 Å². The Balaban J connectivity index is 1.80. The van der Waals surface area contributed by atoms with Gasteiger partial charge in [-0.25, -0.2) is 0 Å². The van der Waals surface area contributed by atoms with Crippen LogP contribution in [-0.2, 0) is 13.1 Å². The summed E-state index contributed by atoms with van der Waals surface area (Å²) in [7, 11) is 1.72. The first-order valence-electron chi connectivity index (χ1n) is 7.06. The summed E-state index contributed by atoms with van der Waals surface area (Å²) < 4.78 is 5.44. The summed E-state index contributed by atoms with van der Waals surface area (Å²) in [5.41, 5.74) is 4.06. The van der Waals surface area contributed by atoms with Gasteiger partial charge in [0.2, 0.25) is 0 Å². The van der Waals surface area contributed by atoms with Crippen molar-refractivity contribution in [2.45, 2.75) is 20.0 Å². The van der Waals surface area contributed by atoms with E-state index in [9.17, 15) is 0 Å². The number of hydrogen-bond acceptors (Lipinski definition) is 3. The van der Waals surface area contributed by atoms with Crippen LogP contribution in [0.15, 0.2) is 47.2 Å². The zero-order valence-electron chi connectivity index (χ0n) is 12.3. The molecule has 1 N–H and O–H groups in total. The van der Waals surface area contributed by atoms with E-state index in [4.69, 9.17) is 4.74 Å². The summed E-state index contributed by atoms with van der Waals surface area (Å²) >= 11 is 1.76. The van der Waals surface area contributed by atoms with Crippen LogP contribution in [0.25, 0.3) is 10.8 Å². The van der Waals surface area contributed by atoms with E-state index < -0.39 is 0 Å². The van der Waals surface area contributed by atoms with Gasteiger partial charge < -0.3 is 10.1 Å². The van der Waals surface area contributed by atoms with Crippen LogP contribution in [0.5, 0.6) is 5.75 Å². The molecule has 0 saturated carbocycles. The normalized spacial score (nSPS) is 11.0. The van der Waals surface area contributed by atoms with Crippen molar-refractivity contribution in [3.63, 3.8) is 0 Å². The Kier molecular flexibility index (Phi) is 4.23. The van der Waals surface area contributed by atoms with Crippen LogP contribution in [0.2, 0.25) is 0 Å². The molecule has 0 atom stereocenters. The molecule has 0 aliphatic rings. The summed E-state index contributed by atoms with van der Waals surface area (Å²) in [6.45, 7) is 3.94. The molecule has 3 aromatic rings. The molecule has 2 aromatic carbocycles. The first kappa shape index (κ1) is 14.1. The monoisotopic (exact) mass is 297 g/mol. The van der Waals surface area contributed by atoms with Crippen LogP contribution < -0.4 is 10.1 Å². The molecule has 0 saturated heterocycles. The van der Waals surface area contributed by atoms with Crippen molar-refractivity contribution >= 4 is 22.1 Å². The van der Waals surface area contributed by atoms with Gasteiger partial charge in [-0.15, -0.1) is 0 Å². The van der Waals surface area contributed by atoms with E-state index in [2.05, 4.69) is 59.4 Å². The molecule has 0 fully saturated rings. The maximum atomic E-state index is 5.44. The topological polar surface area (TPSA) is 21.3 Å². The Bertz CT molecular complexity index is 748. The number of aryl methyl sites for hydroxylation is 1. The van der Waals surface area contributed by atoms with Crippen LogP contribution in [-0.4, -0.2) is 7.11 Å². The number of methoxy groups -OCH3 is 1. The highest BCUT2D eigenvalue weighted by Gasteiger charge is 2.06. The van der Waals surface area contributed by atoms with Gasteiger partial charge in [-0.1, -0.05) is 30.3 Å². The second-order valence-corrected chi connectivity index (χ2v) is 5.90. The molecule has 0 aliphatic carbocycles. The van der Waals surface area contributed by atoms with E-state index in [1.165, 1.54) is 27.5 Å². The van der Waals surface area contributed by atoms with Gasteiger partial charge in [-0.05, 0) is 45.8 Å². The molecule has 1 heterocycles. The van der Waals surface area contributed by atoms with Crippen molar-refractivity contribution in [2.75, 3.05) is 7.11 Å². The van der Waals surface area contributed by atoms with Gasteiger partial charge in [0.05, 0.1) is 7.11 Å². The largest absolute Gasteiger partial charge is 0.496 e. The van der Waals surface area contributed by atoms with Crippen molar-refractivity contribution in [3.05, 3.63) is 63.8 Å². The minimum absolute atomic E-state index is 0.861. The van der Waals surface area contributed by atoms with Gasteiger partial charge in [-0.3, -0.25) is 0 Å². The Morgan fingerprint density at radius 2 is 1.71 bits per heavy atom. The van der Waals surface area contributed by atoms with Gasteiger partial charge in [0.25, 0.3) is 0 Å². The van der Waals surface area contributed by atoms with E-state index in [0.29, 0.717) is 0 Å². The Morgan fingerprint density at radius 1 is 0.952 bits per heavy atom. The minimum Gasteiger partial charge on any atom is -0.496 e. The lowest BCUT2D eigenvalue weighted by atomic mass is 10.0. The predicted octanol–water partition coefficient (Wildman–Crippen LogP) is 4.51. The third-order valence-corrected chi connectivity index (χ3v) is 4.70. The fourth-order valence-corrected chi connectivity index (χ4v) is 3.42. The quantitative estimate of drug-likeness (QED) is 0.748. The number of thiophene rings is 1. The Labute approximate surface area is 129 Å². The lowest BCUT2D eigenvalue weighted by Gasteiger charge is -2.11. The fraction of sp³-hybridized carbons (Fsp3) is 0.222. The number of nitrogens with one attached hydrogen (secondary N) is 1. The standard InChI is InChI=1S/C18H19NOS/c1-13-11-21-12-15(13)10-19-9-14-7-8-18(20-2)17-6-4-3-5-16(14)17/h3-8,11-12,19H,9-10H2,1-2H3. The maximum absolute atomic E-state index is 5.44. The molecule has 0 bridgehead atoms. The molecule has 2 nitrogen and oxygen atoms in total. The van der Waals surface area contributed by atoms with Gasteiger partial charge in [-0.2, -0.15) is 11.3 Å². The molecule has 108 valence electrons. The van der Waals surface area contributed by atoms with E-state index in [0.717, 1.165) is 18.8 Å². The van der Waals surface area contributed by atoms with E-state index in [1.54, 1.807) is 18.4 Å². The van der Waals surface area contributed by atoms with Gasteiger partial charge in [0, 0.05) is 18.5 Å². The Hall–Kier alpha value is -1.84. The average Bonchev–Trinajstić information content (AvgIpc) is 2.93. The third-order valence-electron chi connectivity index (χ3n) is 3.79. The third kappa shape index (κ3) is 2.94. The molecule has 21 heavy (non-hydrogen) atoms. The number of ether oxygens (including phenoxy) is 1. The zero-order valence-corrected chi connectivity index (χ0v) is 13.2. The van der Waals surface area contributed by atoms with Crippen molar-refractivity contribution in [1.29, 1.82) is 0 Å². The van der Waals surface area contributed by atoms with Gasteiger partial charge in [0.1, 0.15) is 5.75 Å². The predicted molar refractivity (Wildman–Crippen MR) is 90.1 cm³/mol. The number of fused-ring (bicyclic) bond motifs is 1. The number of hydrogen-bond donors (Lipinski definition) is 1. The van der Waals surface area contributed by atoms with E-state index in [1.807, 2.05) is 0 Å². The van der Waals surface area contributed by atoms with Gasteiger partial charge in [0.15, 0.2) is 0 Å². The molecule has 0 aliphatic heterocycles. The van der Waals surface area contributed by atoms with Crippen molar-refractivity contribution < 1.29 is 4.74 Å². The summed E-state index contributed by atoms with van der Waals surface area (Å²) in [4.78, 5) is 0. The van der Waals surface area contributed by atoms with E-state index in [-0.39, 0.29) is 0 Å². The average molecular weight is 297 g/mol. The fourth-order valence-electron chi connectivity index (χ4n) is 2.57. The SMILES string of the molecule is COc1ccc(CNCc2cscc2C)c2ccccc12. The van der Waals surface area contributed by atoms with Crippen LogP contribution in [0.4, 0.5) is 0 Å². The lowest BCUT2D eigenvalue weighted by Crippen LogP contribution is -2.13. The van der Waals surface area contributed by atoms with Crippen LogP contribution in [0, 0.1) is 6.92 Å². The van der Waals surface area contributed by atoms with E-state index >= 15 is 0 Å². The summed E-state index contributed by atoms with van der Waals surface area (Å²) in [5.74, 6) is 0.933. The summed E-state index contributed by atoms with van der Waals surface area (Å²) in [6.07, 6.45) is 0. The molecule has 0 radical (unpaired) electrons. The van der Waals surface area contributed by atoms with Crippen molar-refractivity contribution in [3.8, 4) is 5.75 Å². The summed E-state index contributed by atoms with van der Waals surface area (Å²) in [5, 5.41) is 10.4. The van der Waals surface area contributed by atoms with Crippen LogP contribution in [0.3, 0.4) is 0 Å². The number of benzene rings is 2. The lowest BCUT2D eigenvalue weighted by molar-refractivity contribution is 0.419. The van der Waals surface area contributed by atoms with Crippen LogP contribution >= 0.6 is 11.3 Å². The zero-order chi connectivity index (χ0) is 14.7. The van der Waals surface area contributed by atoms with Crippen molar-refractivity contribution in [1.82, 2.24) is 5.32 Å². The summed E-state index contributed by atoms with van der Waals surface area (Å²) in [6, 6.07) is 12.6. The van der Waals surface area contributed by atoms with Crippen LogP contribution in [0.1, 0.15) is 16.7 Å². The highest BCUT2D eigenvalue weighted by Crippen LogP contribution is 2.28. The molecule has 3 rings (SSSR count). The van der Waals surface area contributed by atoms with Gasteiger partial charge >= 0.3 is 0 Å². The second kappa shape index (κ2) is 6.29. The maximum Gasteiger partial charge on any atom is 0.126 e. The minimum atomic E-state index is 0.861. The molecular weight excluding hydrogens is 278 g/mol. The second-order valence-electron chi connectivity index (χ2n) is 5.16. The molecule has 0 unspecified atom stereocenters. The highest BCUT2D eigenvalue weighted by molar-refractivity contribution is 7.08. The molecule has 0 spiro atoms. The first-order chi connectivity index (χ1) is 10.3. The Morgan fingerprint density at radius 3 is 2.43 bits per heavy atom. The number of rotatable bonds is 5. The molecule has 0 amide bonds. The molecular formula is C18H19NOS.